The molecule has 0 spiro atoms. The first-order chi connectivity index (χ1) is 16.1. The van der Waals surface area contributed by atoms with Gasteiger partial charge in [-0.2, -0.15) is 0 Å². The van der Waals surface area contributed by atoms with E-state index < -0.39 is 0 Å². The number of carbonyl (C=O) groups excluding carboxylic acids is 1. The summed E-state index contributed by atoms with van der Waals surface area (Å²) in [6.07, 6.45) is 7.06. The van der Waals surface area contributed by atoms with Gasteiger partial charge in [0.1, 0.15) is 5.52 Å². The van der Waals surface area contributed by atoms with Crippen LogP contribution < -0.4 is 10.9 Å². The van der Waals surface area contributed by atoms with Crippen molar-refractivity contribution in [2.24, 2.45) is 0 Å². The minimum Gasteiger partial charge on any atom is -0.352 e. The number of nitrogens with zero attached hydrogens (tertiary/aromatic N) is 4. The Morgan fingerprint density at radius 3 is 2.76 bits per heavy atom. The van der Waals surface area contributed by atoms with Gasteiger partial charge in [0.25, 0.3) is 11.5 Å². The Labute approximate surface area is 192 Å². The van der Waals surface area contributed by atoms with Gasteiger partial charge in [-0.25, -0.2) is 4.98 Å². The summed E-state index contributed by atoms with van der Waals surface area (Å²) in [6, 6.07) is 15.5. The van der Waals surface area contributed by atoms with Crippen molar-refractivity contribution in [1.29, 1.82) is 0 Å². The lowest BCUT2D eigenvalue weighted by molar-refractivity contribution is 0.0949. The van der Waals surface area contributed by atoms with E-state index in [1.807, 2.05) is 59.1 Å². The van der Waals surface area contributed by atoms with E-state index in [1.165, 1.54) is 12.8 Å². The molecule has 1 unspecified atom stereocenters. The monoisotopic (exact) mass is 443 g/mol. The van der Waals surface area contributed by atoms with Crippen molar-refractivity contribution in [3.63, 3.8) is 0 Å². The normalized spacial score (nSPS) is 15.3. The number of pyridine rings is 1. The van der Waals surface area contributed by atoms with Crippen LogP contribution in [0.5, 0.6) is 0 Å². The van der Waals surface area contributed by atoms with E-state index in [4.69, 9.17) is 0 Å². The lowest BCUT2D eigenvalue weighted by Crippen LogP contribution is -2.34. The zero-order valence-corrected chi connectivity index (χ0v) is 18.9. The fraction of sp³-hybridized carbons (Fsp3) is 0.346. The van der Waals surface area contributed by atoms with Gasteiger partial charge in [-0.1, -0.05) is 12.1 Å². The van der Waals surface area contributed by atoms with Crippen LogP contribution in [0.4, 0.5) is 0 Å². The van der Waals surface area contributed by atoms with E-state index in [1.54, 1.807) is 10.8 Å². The molecule has 5 rings (SSSR count). The van der Waals surface area contributed by atoms with E-state index in [9.17, 15) is 9.59 Å². The number of hydrogen-bond donors (Lipinski definition) is 1. The first-order valence-corrected chi connectivity index (χ1v) is 11.7. The number of nitrogens with one attached hydrogen (secondary N) is 1. The number of aromatic nitrogens is 3. The number of carbonyl (C=O) groups is 1. The molecule has 0 saturated carbocycles. The third-order valence-electron chi connectivity index (χ3n) is 6.64. The fourth-order valence-corrected chi connectivity index (χ4v) is 4.79. The van der Waals surface area contributed by atoms with Gasteiger partial charge in [-0.3, -0.25) is 14.2 Å². The second kappa shape index (κ2) is 9.19. The molecule has 1 atom stereocenters. The number of hydrogen-bond acceptors (Lipinski definition) is 4. The third kappa shape index (κ3) is 4.28. The smallest absolute Gasteiger partial charge is 0.276 e. The maximum absolute atomic E-state index is 13.2. The molecular weight excluding hydrogens is 414 g/mol. The Morgan fingerprint density at radius 2 is 1.91 bits per heavy atom. The van der Waals surface area contributed by atoms with Crippen LogP contribution in [0, 0.1) is 0 Å². The Bertz CT molecular complexity index is 1350. The molecule has 1 aromatic carbocycles. The first kappa shape index (κ1) is 21.4. The van der Waals surface area contributed by atoms with Crippen LogP contribution in [0.1, 0.15) is 42.1 Å². The van der Waals surface area contributed by atoms with Crippen molar-refractivity contribution < 1.29 is 4.79 Å². The lowest BCUT2D eigenvalue weighted by atomic mass is 10.1. The summed E-state index contributed by atoms with van der Waals surface area (Å²) >= 11 is 0. The Morgan fingerprint density at radius 1 is 1.09 bits per heavy atom. The quantitative estimate of drug-likeness (QED) is 0.476. The van der Waals surface area contributed by atoms with E-state index in [-0.39, 0.29) is 11.5 Å². The molecule has 1 N–H and O–H groups in total. The van der Waals surface area contributed by atoms with Crippen LogP contribution in [0.2, 0.25) is 0 Å². The van der Waals surface area contributed by atoms with Gasteiger partial charge in [0.2, 0.25) is 0 Å². The van der Waals surface area contributed by atoms with Gasteiger partial charge in [0.05, 0.1) is 12.1 Å². The predicted octanol–water partition coefficient (Wildman–Crippen LogP) is 3.30. The highest BCUT2D eigenvalue weighted by atomic mass is 16.1. The summed E-state index contributed by atoms with van der Waals surface area (Å²) in [7, 11) is 0. The van der Waals surface area contributed by atoms with Gasteiger partial charge in [-0.05, 0) is 81.2 Å². The Hall–Kier alpha value is -3.45. The Kier molecular flexibility index (Phi) is 5.96. The van der Waals surface area contributed by atoms with E-state index in [2.05, 4.69) is 22.1 Å². The minimum absolute atomic E-state index is 0.0807. The maximum Gasteiger partial charge on any atom is 0.276 e. The van der Waals surface area contributed by atoms with Crippen molar-refractivity contribution in [2.45, 2.75) is 38.8 Å². The van der Waals surface area contributed by atoms with Crippen LogP contribution in [-0.2, 0) is 6.54 Å². The van der Waals surface area contributed by atoms with Crippen LogP contribution in [0.3, 0.4) is 0 Å². The summed E-state index contributed by atoms with van der Waals surface area (Å²) in [6.45, 7) is 5.56. The lowest BCUT2D eigenvalue weighted by Gasteiger charge is -2.23. The molecule has 3 aromatic heterocycles. The molecule has 0 bridgehead atoms. The van der Waals surface area contributed by atoms with Crippen LogP contribution in [-0.4, -0.2) is 50.4 Å². The topological polar surface area (TPSA) is 71.6 Å². The first-order valence-electron chi connectivity index (χ1n) is 11.7. The molecule has 0 radical (unpaired) electrons. The van der Waals surface area contributed by atoms with Crippen molar-refractivity contribution in [1.82, 2.24) is 24.2 Å². The molecular formula is C26H29N5O2. The van der Waals surface area contributed by atoms with Gasteiger partial charge < -0.3 is 14.6 Å². The number of amides is 1. The highest BCUT2D eigenvalue weighted by Gasteiger charge is 2.18. The predicted molar refractivity (Wildman–Crippen MR) is 130 cm³/mol. The second-order valence-corrected chi connectivity index (χ2v) is 8.84. The van der Waals surface area contributed by atoms with Crippen molar-refractivity contribution in [3.8, 4) is 0 Å². The fourth-order valence-electron chi connectivity index (χ4n) is 4.79. The molecule has 0 aliphatic carbocycles. The molecule has 4 aromatic rings. The largest absolute Gasteiger partial charge is 0.352 e. The van der Waals surface area contributed by atoms with Gasteiger partial charge in [0.15, 0.2) is 5.65 Å². The molecule has 7 nitrogen and oxygen atoms in total. The average Bonchev–Trinajstić information content (AvgIpc) is 3.55. The maximum atomic E-state index is 13.2. The zero-order valence-electron chi connectivity index (χ0n) is 18.9. The minimum atomic E-state index is -0.100. The zero-order chi connectivity index (χ0) is 22.8. The molecule has 1 aliphatic rings. The van der Waals surface area contributed by atoms with Gasteiger partial charge >= 0.3 is 0 Å². The molecule has 170 valence electrons. The number of fused-ring (bicyclic) bond motifs is 3. The average molecular weight is 444 g/mol. The van der Waals surface area contributed by atoms with E-state index >= 15 is 0 Å². The summed E-state index contributed by atoms with van der Waals surface area (Å²) in [5, 5.41) is 3.06. The summed E-state index contributed by atoms with van der Waals surface area (Å²) < 4.78 is 3.55. The van der Waals surface area contributed by atoms with Crippen molar-refractivity contribution >= 4 is 22.6 Å². The van der Waals surface area contributed by atoms with Gasteiger partial charge in [-0.15, -0.1) is 0 Å². The molecule has 1 fully saturated rings. The number of benzene rings is 1. The summed E-state index contributed by atoms with van der Waals surface area (Å²) in [5.74, 6) is -0.0807. The van der Waals surface area contributed by atoms with Crippen LogP contribution in [0.25, 0.3) is 16.7 Å². The summed E-state index contributed by atoms with van der Waals surface area (Å²) in [4.78, 5) is 32.9. The number of likely N-dealkylation sites (tertiary alicyclic amines) is 1. The van der Waals surface area contributed by atoms with E-state index in [0.29, 0.717) is 35.9 Å². The standard InChI is InChI=1S/C26H29N5O2/c1-19(29-14-2-3-15-29)11-13-28-25(32)21-8-4-7-20(17-21)18-31-24-22(9-5-12-27-24)30-16-6-10-23(30)26(31)33/h4-10,12,16-17,19H,2-3,11,13-15,18H2,1H3,(H,28,32). The SMILES string of the molecule is CC(CCNC(=O)c1cccc(Cn2c(=O)c3cccn3c3cccnc32)c1)N1CCCC1. The van der Waals surface area contributed by atoms with Crippen molar-refractivity contribution in [2.75, 3.05) is 19.6 Å². The summed E-state index contributed by atoms with van der Waals surface area (Å²) in [5.41, 5.74) is 3.50. The molecule has 1 aliphatic heterocycles. The second-order valence-electron chi connectivity index (χ2n) is 8.84. The van der Waals surface area contributed by atoms with Gasteiger partial charge in [0, 0.05) is 30.5 Å². The molecule has 1 amide bonds. The number of rotatable bonds is 7. The van der Waals surface area contributed by atoms with Crippen molar-refractivity contribution in [3.05, 3.63) is 82.4 Å². The highest BCUT2D eigenvalue weighted by molar-refractivity contribution is 5.94. The molecule has 33 heavy (non-hydrogen) atoms. The third-order valence-corrected chi connectivity index (χ3v) is 6.64. The molecule has 4 heterocycles. The van der Waals surface area contributed by atoms with Crippen LogP contribution >= 0.6 is 0 Å². The molecule has 7 heteroatoms. The van der Waals surface area contributed by atoms with Crippen LogP contribution in [0.15, 0.2) is 65.7 Å². The molecule has 1 saturated heterocycles. The van der Waals surface area contributed by atoms with E-state index in [0.717, 1.165) is 30.6 Å². The highest BCUT2D eigenvalue weighted by Crippen LogP contribution is 2.16. The Balaban J connectivity index is 1.33.